The SMILES string of the molecule is CC(C)NCCn1cc(Cl)c2ccccc21. The fourth-order valence-electron chi connectivity index (χ4n) is 1.86. The summed E-state index contributed by atoms with van der Waals surface area (Å²) in [6.07, 6.45) is 2.01. The Hall–Kier alpha value is -0.990. The first-order valence-corrected chi connectivity index (χ1v) is 6.03. The van der Waals surface area contributed by atoms with Gasteiger partial charge in [0.1, 0.15) is 0 Å². The predicted molar refractivity (Wildman–Crippen MR) is 70.1 cm³/mol. The molecule has 2 nitrogen and oxygen atoms in total. The number of hydrogen-bond donors (Lipinski definition) is 1. The van der Waals surface area contributed by atoms with Crippen LogP contribution in [0.15, 0.2) is 30.5 Å². The van der Waals surface area contributed by atoms with E-state index in [-0.39, 0.29) is 0 Å². The molecule has 0 amide bonds. The Balaban J connectivity index is 2.18. The fourth-order valence-corrected chi connectivity index (χ4v) is 2.14. The molecule has 0 spiro atoms. The van der Waals surface area contributed by atoms with Crippen molar-refractivity contribution in [3.05, 3.63) is 35.5 Å². The molecule has 0 atom stereocenters. The van der Waals surface area contributed by atoms with Gasteiger partial charge in [0.15, 0.2) is 0 Å². The van der Waals surface area contributed by atoms with Gasteiger partial charge in [-0.15, -0.1) is 0 Å². The lowest BCUT2D eigenvalue weighted by Crippen LogP contribution is -2.26. The lowest BCUT2D eigenvalue weighted by Gasteiger charge is -2.09. The molecule has 86 valence electrons. The van der Waals surface area contributed by atoms with Crippen LogP contribution in [-0.4, -0.2) is 17.2 Å². The van der Waals surface area contributed by atoms with E-state index in [1.165, 1.54) is 5.52 Å². The van der Waals surface area contributed by atoms with Crippen molar-refractivity contribution in [2.45, 2.75) is 26.4 Å². The van der Waals surface area contributed by atoms with E-state index in [1.807, 2.05) is 18.3 Å². The van der Waals surface area contributed by atoms with E-state index in [9.17, 15) is 0 Å². The Bertz CT molecular complexity index is 474. The Morgan fingerprint density at radius 1 is 1.31 bits per heavy atom. The highest BCUT2D eigenvalue weighted by Gasteiger charge is 2.05. The van der Waals surface area contributed by atoms with Crippen molar-refractivity contribution in [3.8, 4) is 0 Å². The summed E-state index contributed by atoms with van der Waals surface area (Å²) in [6.45, 7) is 6.22. The highest BCUT2D eigenvalue weighted by atomic mass is 35.5. The molecule has 0 radical (unpaired) electrons. The molecule has 0 aliphatic rings. The maximum absolute atomic E-state index is 6.18. The van der Waals surface area contributed by atoms with E-state index in [2.05, 4.69) is 35.9 Å². The van der Waals surface area contributed by atoms with Gasteiger partial charge >= 0.3 is 0 Å². The van der Waals surface area contributed by atoms with Crippen molar-refractivity contribution in [1.82, 2.24) is 9.88 Å². The second-order valence-electron chi connectivity index (χ2n) is 4.30. The van der Waals surface area contributed by atoms with Crippen molar-refractivity contribution in [3.63, 3.8) is 0 Å². The lowest BCUT2D eigenvalue weighted by molar-refractivity contribution is 0.548. The number of fused-ring (bicyclic) bond motifs is 1. The van der Waals surface area contributed by atoms with Crippen LogP contribution >= 0.6 is 11.6 Å². The van der Waals surface area contributed by atoms with Gasteiger partial charge in [-0.2, -0.15) is 0 Å². The van der Waals surface area contributed by atoms with Crippen LogP contribution in [0, 0.1) is 0 Å². The van der Waals surface area contributed by atoms with Crippen LogP contribution in [0.2, 0.25) is 5.02 Å². The Morgan fingerprint density at radius 2 is 2.06 bits per heavy atom. The van der Waals surface area contributed by atoms with Crippen LogP contribution in [0.3, 0.4) is 0 Å². The van der Waals surface area contributed by atoms with E-state index in [0.717, 1.165) is 23.5 Å². The van der Waals surface area contributed by atoms with Crippen LogP contribution in [-0.2, 0) is 6.54 Å². The molecule has 16 heavy (non-hydrogen) atoms. The molecule has 2 rings (SSSR count). The van der Waals surface area contributed by atoms with Gasteiger partial charge in [0.2, 0.25) is 0 Å². The van der Waals surface area contributed by atoms with Gasteiger partial charge < -0.3 is 9.88 Å². The van der Waals surface area contributed by atoms with E-state index in [1.54, 1.807) is 0 Å². The molecule has 0 aliphatic heterocycles. The monoisotopic (exact) mass is 236 g/mol. The van der Waals surface area contributed by atoms with Gasteiger partial charge in [0, 0.05) is 36.2 Å². The van der Waals surface area contributed by atoms with Gasteiger partial charge in [0.05, 0.1) is 5.02 Å². The molecule has 1 heterocycles. The number of halogens is 1. The predicted octanol–water partition coefficient (Wildman–Crippen LogP) is 3.29. The zero-order valence-corrected chi connectivity index (χ0v) is 10.5. The third-order valence-corrected chi connectivity index (χ3v) is 2.95. The first-order chi connectivity index (χ1) is 7.68. The molecule has 1 aromatic heterocycles. The van der Waals surface area contributed by atoms with Crippen molar-refractivity contribution < 1.29 is 0 Å². The summed E-state index contributed by atoms with van der Waals surface area (Å²) in [4.78, 5) is 0. The molecular weight excluding hydrogens is 220 g/mol. The molecule has 0 fully saturated rings. The van der Waals surface area contributed by atoms with Crippen LogP contribution in [0.1, 0.15) is 13.8 Å². The van der Waals surface area contributed by atoms with E-state index in [4.69, 9.17) is 11.6 Å². The molecule has 0 unspecified atom stereocenters. The van der Waals surface area contributed by atoms with Crippen LogP contribution in [0.25, 0.3) is 10.9 Å². The Morgan fingerprint density at radius 3 is 2.81 bits per heavy atom. The maximum atomic E-state index is 6.18. The molecule has 0 saturated heterocycles. The number of nitrogens with one attached hydrogen (secondary N) is 1. The molecule has 0 aliphatic carbocycles. The van der Waals surface area contributed by atoms with Gasteiger partial charge in [-0.1, -0.05) is 43.6 Å². The number of nitrogens with zero attached hydrogens (tertiary/aromatic N) is 1. The zero-order valence-electron chi connectivity index (χ0n) is 9.70. The minimum atomic E-state index is 0.525. The summed E-state index contributed by atoms with van der Waals surface area (Å²) in [5.74, 6) is 0. The normalized spacial score (nSPS) is 11.5. The average molecular weight is 237 g/mol. The van der Waals surface area contributed by atoms with Crippen LogP contribution < -0.4 is 5.32 Å². The minimum absolute atomic E-state index is 0.525. The summed E-state index contributed by atoms with van der Waals surface area (Å²) in [7, 11) is 0. The largest absolute Gasteiger partial charge is 0.345 e. The summed E-state index contributed by atoms with van der Waals surface area (Å²) in [6, 6.07) is 8.76. The fraction of sp³-hybridized carbons (Fsp3) is 0.385. The van der Waals surface area contributed by atoms with Crippen molar-refractivity contribution in [2.24, 2.45) is 0 Å². The summed E-state index contributed by atoms with van der Waals surface area (Å²) in [5.41, 5.74) is 1.21. The van der Waals surface area contributed by atoms with Crippen molar-refractivity contribution in [2.75, 3.05) is 6.54 Å². The van der Waals surface area contributed by atoms with Crippen LogP contribution in [0.5, 0.6) is 0 Å². The summed E-state index contributed by atoms with van der Waals surface area (Å²) < 4.78 is 2.20. The first-order valence-electron chi connectivity index (χ1n) is 5.65. The van der Waals surface area contributed by atoms with E-state index < -0.39 is 0 Å². The molecule has 2 aromatic rings. The third kappa shape index (κ3) is 2.39. The molecule has 3 heteroatoms. The molecule has 0 bridgehead atoms. The standard InChI is InChI=1S/C13H17ClN2/c1-10(2)15-7-8-16-9-12(14)11-5-3-4-6-13(11)16/h3-6,9-10,15H,7-8H2,1-2H3. The van der Waals surface area contributed by atoms with Crippen molar-refractivity contribution >= 4 is 22.5 Å². The molecular formula is C13H17ClN2. The van der Waals surface area contributed by atoms with Gasteiger partial charge in [-0.3, -0.25) is 0 Å². The third-order valence-electron chi connectivity index (χ3n) is 2.65. The summed E-state index contributed by atoms with van der Waals surface area (Å²) in [5, 5.41) is 5.37. The van der Waals surface area contributed by atoms with Gasteiger partial charge in [-0.05, 0) is 6.07 Å². The molecule has 1 N–H and O–H groups in total. The maximum Gasteiger partial charge on any atom is 0.0661 e. The number of benzene rings is 1. The zero-order chi connectivity index (χ0) is 11.5. The average Bonchev–Trinajstić information content (AvgIpc) is 2.57. The highest BCUT2D eigenvalue weighted by Crippen LogP contribution is 2.25. The lowest BCUT2D eigenvalue weighted by atomic mass is 10.2. The number of hydrogen-bond acceptors (Lipinski definition) is 1. The molecule has 1 aromatic carbocycles. The number of para-hydroxylation sites is 1. The Kier molecular flexibility index (Phi) is 3.52. The number of rotatable bonds is 4. The second-order valence-corrected chi connectivity index (χ2v) is 4.70. The number of aromatic nitrogens is 1. The minimum Gasteiger partial charge on any atom is -0.345 e. The quantitative estimate of drug-likeness (QED) is 0.862. The second kappa shape index (κ2) is 4.89. The van der Waals surface area contributed by atoms with E-state index >= 15 is 0 Å². The first kappa shape index (κ1) is 11.5. The van der Waals surface area contributed by atoms with Crippen molar-refractivity contribution in [1.29, 1.82) is 0 Å². The van der Waals surface area contributed by atoms with Gasteiger partial charge in [0.25, 0.3) is 0 Å². The summed E-state index contributed by atoms with van der Waals surface area (Å²) >= 11 is 6.18. The Labute approximate surface area is 101 Å². The topological polar surface area (TPSA) is 17.0 Å². The van der Waals surface area contributed by atoms with Crippen LogP contribution in [0.4, 0.5) is 0 Å². The van der Waals surface area contributed by atoms with Gasteiger partial charge in [-0.25, -0.2) is 0 Å². The smallest absolute Gasteiger partial charge is 0.0661 e. The molecule has 0 saturated carbocycles. The highest BCUT2D eigenvalue weighted by molar-refractivity contribution is 6.35. The van der Waals surface area contributed by atoms with E-state index in [0.29, 0.717) is 6.04 Å².